The number of hydrazone groups is 1. The molecule has 1 heterocycles. The van der Waals surface area contributed by atoms with Crippen molar-refractivity contribution in [3.8, 4) is 17.2 Å². The van der Waals surface area contributed by atoms with E-state index in [1.165, 1.54) is 0 Å². The van der Waals surface area contributed by atoms with Crippen molar-refractivity contribution in [3.05, 3.63) is 17.7 Å². The highest BCUT2D eigenvalue weighted by Gasteiger charge is 2.15. The smallest absolute Gasteiger partial charge is 0.203 e. The summed E-state index contributed by atoms with van der Waals surface area (Å²) in [7, 11) is 6.94. The second-order valence-corrected chi connectivity index (χ2v) is 4.93. The fraction of sp³-hybridized carbons (Fsp3) is 0.533. The number of hydrogen-bond acceptors (Lipinski definition) is 6. The minimum atomic E-state index is 0. The highest BCUT2D eigenvalue weighted by Crippen LogP contribution is 2.39. The first-order chi connectivity index (χ1) is 10.2. The van der Waals surface area contributed by atoms with Gasteiger partial charge < -0.3 is 19.1 Å². The number of benzene rings is 1. The van der Waals surface area contributed by atoms with Crippen molar-refractivity contribution in [1.29, 1.82) is 0 Å². The van der Waals surface area contributed by atoms with Gasteiger partial charge in [-0.05, 0) is 19.2 Å². The van der Waals surface area contributed by atoms with Crippen molar-refractivity contribution in [2.45, 2.75) is 0 Å². The van der Waals surface area contributed by atoms with E-state index >= 15 is 0 Å². The number of methoxy groups -OCH3 is 3. The molecule has 0 atom stereocenters. The minimum absolute atomic E-state index is 0. The van der Waals surface area contributed by atoms with Gasteiger partial charge in [0.1, 0.15) is 0 Å². The number of nitrogens with zero attached hydrogens (tertiary/aromatic N) is 3. The van der Waals surface area contributed by atoms with Gasteiger partial charge in [-0.3, -0.25) is 5.01 Å². The van der Waals surface area contributed by atoms with Crippen LogP contribution in [0.1, 0.15) is 5.56 Å². The highest BCUT2D eigenvalue weighted by molar-refractivity contribution is 5.86. The van der Waals surface area contributed by atoms with Crippen LogP contribution in [-0.4, -0.2) is 70.7 Å². The maximum Gasteiger partial charge on any atom is 0.203 e. The molecular formula is C15H24ClN3O3. The Hall–Kier alpha value is -1.66. The van der Waals surface area contributed by atoms with Crippen LogP contribution >= 0.6 is 12.4 Å². The van der Waals surface area contributed by atoms with Crippen molar-refractivity contribution >= 4 is 18.6 Å². The third-order valence-electron chi connectivity index (χ3n) is 3.57. The normalized spacial score (nSPS) is 15.5. The van der Waals surface area contributed by atoms with Gasteiger partial charge in [0.2, 0.25) is 5.75 Å². The summed E-state index contributed by atoms with van der Waals surface area (Å²) in [6.45, 7) is 3.92. The lowest BCUT2D eigenvalue weighted by Gasteiger charge is -2.30. The summed E-state index contributed by atoms with van der Waals surface area (Å²) in [6, 6.07) is 3.77. The summed E-state index contributed by atoms with van der Waals surface area (Å²) >= 11 is 0. The molecular weight excluding hydrogens is 306 g/mol. The predicted molar refractivity (Wildman–Crippen MR) is 90.0 cm³/mol. The Kier molecular flexibility index (Phi) is 7.27. The Balaban J connectivity index is 0.00000242. The molecule has 0 bridgehead atoms. The minimum Gasteiger partial charge on any atom is -0.493 e. The van der Waals surface area contributed by atoms with Gasteiger partial charge in [0.05, 0.1) is 27.5 Å². The maximum atomic E-state index is 5.44. The molecule has 124 valence electrons. The zero-order chi connectivity index (χ0) is 15.2. The summed E-state index contributed by atoms with van der Waals surface area (Å²) in [5.41, 5.74) is 0.870. The molecule has 0 aliphatic carbocycles. The zero-order valence-electron chi connectivity index (χ0n) is 13.5. The van der Waals surface area contributed by atoms with Crippen molar-refractivity contribution in [3.63, 3.8) is 0 Å². The summed E-state index contributed by atoms with van der Waals surface area (Å²) in [4.78, 5) is 2.29. The van der Waals surface area contributed by atoms with E-state index in [1.807, 2.05) is 18.3 Å². The summed E-state index contributed by atoms with van der Waals surface area (Å²) < 4.78 is 16.1. The number of hydrogen-bond donors (Lipinski definition) is 0. The highest BCUT2D eigenvalue weighted by atomic mass is 35.5. The molecule has 2 rings (SSSR count). The lowest BCUT2D eigenvalue weighted by atomic mass is 10.2. The zero-order valence-corrected chi connectivity index (χ0v) is 14.4. The molecule has 0 unspecified atom stereocenters. The number of likely N-dealkylation sites (N-methyl/N-ethyl adjacent to an activating group) is 1. The van der Waals surface area contributed by atoms with E-state index in [2.05, 4.69) is 22.1 Å². The summed E-state index contributed by atoms with van der Waals surface area (Å²) in [6.07, 6.45) is 1.81. The van der Waals surface area contributed by atoms with Gasteiger partial charge >= 0.3 is 0 Å². The summed E-state index contributed by atoms with van der Waals surface area (Å²) in [5, 5.41) is 6.60. The Morgan fingerprint density at radius 2 is 1.59 bits per heavy atom. The Morgan fingerprint density at radius 1 is 0.955 bits per heavy atom. The quantitative estimate of drug-likeness (QED) is 0.770. The molecule has 1 aliphatic rings. The molecule has 1 fully saturated rings. The average molecular weight is 330 g/mol. The second kappa shape index (κ2) is 8.70. The topological polar surface area (TPSA) is 46.5 Å². The van der Waals surface area contributed by atoms with E-state index in [-0.39, 0.29) is 12.4 Å². The number of rotatable bonds is 5. The lowest BCUT2D eigenvalue weighted by Crippen LogP contribution is -2.41. The van der Waals surface area contributed by atoms with Crippen molar-refractivity contribution in [2.75, 3.05) is 54.6 Å². The number of piperazine rings is 1. The van der Waals surface area contributed by atoms with Crippen LogP contribution in [0.4, 0.5) is 0 Å². The maximum absolute atomic E-state index is 5.44. The first kappa shape index (κ1) is 18.4. The monoisotopic (exact) mass is 329 g/mol. The van der Waals surface area contributed by atoms with Crippen LogP contribution in [0.2, 0.25) is 0 Å². The Bertz CT molecular complexity index is 503. The fourth-order valence-corrected chi connectivity index (χ4v) is 2.28. The standard InChI is InChI=1S/C15H23N3O3.ClH/c1-17-7-9-18(10-8-17)16-11-12-5-6-13(19-2)15(21-4)14(12)20-3;/h5-6,11H,7-10H2,1-4H3;1H/b16-11+;. The molecule has 7 heteroatoms. The molecule has 0 N–H and O–H groups in total. The third-order valence-corrected chi connectivity index (χ3v) is 3.57. The number of ether oxygens (including phenoxy) is 3. The van der Waals surface area contributed by atoms with E-state index in [1.54, 1.807) is 21.3 Å². The van der Waals surface area contributed by atoms with Crippen molar-refractivity contribution < 1.29 is 14.2 Å². The predicted octanol–water partition coefficient (Wildman–Crippen LogP) is 1.72. The van der Waals surface area contributed by atoms with E-state index in [0.717, 1.165) is 31.7 Å². The molecule has 0 aromatic heterocycles. The third kappa shape index (κ3) is 4.18. The van der Waals surface area contributed by atoms with Crippen LogP contribution in [0.3, 0.4) is 0 Å². The van der Waals surface area contributed by atoms with E-state index in [4.69, 9.17) is 14.2 Å². The largest absolute Gasteiger partial charge is 0.493 e. The Labute approximate surface area is 138 Å². The van der Waals surface area contributed by atoms with Gasteiger partial charge in [0.15, 0.2) is 11.5 Å². The van der Waals surface area contributed by atoms with Crippen LogP contribution in [0.15, 0.2) is 17.2 Å². The number of halogens is 1. The van der Waals surface area contributed by atoms with E-state index in [9.17, 15) is 0 Å². The molecule has 0 amide bonds. The lowest BCUT2D eigenvalue weighted by molar-refractivity contribution is 0.159. The first-order valence-electron chi connectivity index (χ1n) is 6.96. The molecule has 22 heavy (non-hydrogen) atoms. The van der Waals surface area contributed by atoms with Crippen LogP contribution in [-0.2, 0) is 0 Å². The SMILES string of the molecule is COc1ccc(/C=N/N2CCN(C)CC2)c(OC)c1OC.Cl. The van der Waals surface area contributed by atoms with Crippen LogP contribution in [0, 0.1) is 0 Å². The van der Waals surface area contributed by atoms with Crippen molar-refractivity contribution in [2.24, 2.45) is 5.10 Å². The second-order valence-electron chi connectivity index (χ2n) is 4.93. The molecule has 1 aliphatic heterocycles. The van der Waals surface area contributed by atoms with Crippen LogP contribution in [0.25, 0.3) is 0 Å². The molecule has 0 spiro atoms. The Morgan fingerprint density at radius 3 is 2.14 bits per heavy atom. The molecule has 6 nitrogen and oxygen atoms in total. The average Bonchev–Trinajstić information content (AvgIpc) is 2.53. The fourth-order valence-electron chi connectivity index (χ4n) is 2.28. The van der Waals surface area contributed by atoms with E-state index < -0.39 is 0 Å². The van der Waals surface area contributed by atoms with Crippen LogP contribution < -0.4 is 14.2 Å². The van der Waals surface area contributed by atoms with Crippen LogP contribution in [0.5, 0.6) is 17.2 Å². The molecule has 1 saturated heterocycles. The van der Waals surface area contributed by atoms with Gasteiger partial charge in [-0.1, -0.05) is 0 Å². The molecule has 1 aromatic carbocycles. The summed E-state index contributed by atoms with van der Waals surface area (Å²) in [5.74, 6) is 1.86. The molecule has 0 saturated carbocycles. The van der Waals surface area contributed by atoms with Gasteiger partial charge in [0, 0.05) is 31.7 Å². The first-order valence-corrected chi connectivity index (χ1v) is 6.96. The van der Waals surface area contributed by atoms with Gasteiger partial charge in [-0.2, -0.15) is 5.10 Å². The van der Waals surface area contributed by atoms with Gasteiger partial charge in [0.25, 0.3) is 0 Å². The van der Waals surface area contributed by atoms with E-state index in [0.29, 0.717) is 17.2 Å². The molecule has 0 radical (unpaired) electrons. The van der Waals surface area contributed by atoms with Crippen molar-refractivity contribution in [1.82, 2.24) is 9.91 Å². The van der Waals surface area contributed by atoms with Gasteiger partial charge in [-0.25, -0.2) is 0 Å². The van der Waals surface area contributed by atoms with Gasteiger partial charge in [-0.15, -0.1) is 12.4 Å². The molecule has 1 aromatic rings.